The van der Waals surface area contributed by atoms with Crippen molar-refractivity contribution in [1.82, 2.24) is 9.97 Å². The lowest BCUT2D eigenvalue weighted by molar-refractivity contribution is -0.134. The van der Waals surface area contributed by atoms with Crippen LogP contribution in [0.5, 0.6) is 23.1 Å². The van der Waals surface area contributed by atoms with Crippen molar-refractivity contribution in [3.05, 3.63) is 46.9 Å². The monoisotopic (exact) mass is 538 g/mol. The predicted octanol–water partition coefficient (Wildman–Crippen LogP) is 5.56. The lowest BCUT2D eigenvalue weighted by atomic mass is 10.2. The number of hydrogen-bond donors (Lipinski definition) is 0. The maximum Gasteiger partial charge on any atom is 0.345 e. The number of hydrogen-bond acceptors (Lipinski definition) is 7. The molecule has 0 aliphatic carbocycles. The number of ether oxygens (including phenoxy) is 5. The molecule has 0 radical (unpaired) electrons. The number of rotatable bonds is 12. The van der Waals surface area contributed by atoms with Gasteiger partial charge in [0.1, 0.15) is 19.5 Å². The fourth-order valence-corrected chi connectivity index (χ4v) is 2.94. The third kappa shape index (κ3) is 7.11. The van der Waals surface area contributed by atoms with Crippen LogP contribution in [0.2, 0.25) is 0 Å². The second-order valence-electron chi connectivity index (χ2n) is 6.11. The first kappa shape index (κ1) is 24.9. The molecule has 33 heavy (non-hydrogen) atoms. The van der Waals surface area contributed by atoms with Gasteiger partial charge in [0.2, 0.25) is 5.88 Å². The minimum absolute atomic E-state index is 0.0155. The summed E-state index contributed by atoms with van der Waals surface area (Å²) < 4.78 is 88.0. The van der Waals surface area contributed by atoms with Crippen LogP contribution >= 0.6 is 15.9 Å². The molecular weight excluding hydrogens is 523 g/mol. The number of fused-ring (bicyclic) bond motifs is 1. The molecule has 0 amide bonds. The zero-order valence-electron chi connectivity index (χ0n) is 16.7. The summed E-state index contributed by atoms with van der Waals surface area (Å²) in [5.41, 5.74) is 0.302. The lowest BCUT2D eigenvalue weighted by Crippen LogP contribution is -2.12. The zero-order chi connectivity index (χ0) is 23.8. The average Bonchev–Trinajstić information content (AvgIpc) is 2.77. The molecular formula is C20H16BrF5N2O5. The third-order valence-corrected chi connectivity index (χ3v) is 4.57. The molecule has 0 fully saturated rings. The standard InChI is InChI=1S/C20H16BrF5N2O5/c21-12-2-1-3-14(17(12)22)33-18-11-8-15(29-4-6-31-19(23)24)16(9-13(11)27-10-28-18)30-5-7-32-20(25)26/h1-3,8-10,19-20H,4-7H2. The van der Waals surface area contributed by atoms with E-state index in [-0.39, 0.29) is 46.2 Å². The van der Waals surface area contributed by atoms with Crippen molar-refractivity contribution in [2.24, 2.45) is 0 Å². The first-order chi connectivity index (χ1) is 15.8. The predicted molar refractivity (Wildman–Crippen MR) is 109 cm³/mol. The van der Waals surface area contributed by atoms with Gasteiger partial charge < -0.3 is 23.7 Å². The Hall–Kier alpha value is -2.77. The Labute approximate surface area is 192 Å². The zero-order valence-corrected chi connectivity index (χ0v) is 18.2. The van der Waals surface area contributed by atoms with Gasteiger partial charge in [-0.1, -0.05) is 6.07 Å². The van der Waals surface area contributed by atoms with Gasteiger partial charge in [0.15, 0.2) is 23.1 Å². The summed E-state index contributed by atoms with van der Waals surface area (Å²) in [5, 5.41) is 0.290. The van der Waals surface area contributed by atoms with Gasteiger partial charge in [-0.25, -0.2) is 14.4 Å². The van der Waals surface area contributed by atoms with Gasteiger partial charge >= 0.3 is 13.2 Å². The summed E-state index contributed by atoms with van der Waals surface area (Å²) in [7, 11) is 0. The van der Waals surface area contributed by atoms with Crippen LogP contribution in [0.15, 0.2) is 41.1 Å². The minimum atomic E-state index is -2.97. The Bertz CT molecular complexity index is 1080. The Morgan fingerprint density at radius 3 is 2.09 bits per heavy atom. The van der Waals surface area contributed by atoms with Gasteiger partial charge in [0.25, 0.3) is 0 Å². The van der Waals surface area contributed by atoms with Crippen LogP contribution in [0.1, 0.15) is 0 Å². The number of halogens is 6. The molecule has 3 aromatic rings. The Morgan fingerprint density at radius 2 is 1.45 bits per heavy atom. The number of alkyl halides is 4. The molecule has 178 valence electrons. The van der Waals surface area contributed by atoms with Crippen molar-refractivity contribution < 1.29 is 45.6 Å². The molecule has 7 nitrogen and oxygen atoms in total. The van der Waals surface area contributed by atoms with Crippen LogP contribution in [0.4, 0.5) is 22.0 Å². The van der Waals surface area contributed by atoms with Crippen LogP contribution < -0.4 is 14.2 Å². The molecule has 1 aromatic heterocycles. The molecule has 0 unspecified atom stereocenters. The van der Waals surface area contributed by atoms with E-state index in [0.29, 0.717) is 5.52 Å². The smallest absolute Gasteiger partial charge is 0.345 e. The average molecular weight is 539 g/mol. The molecule has 0 aliphatic heterocycles. The van der Waals surface area contributed by atoms with E-state index >= 15 is 0 Å². The quantitative estimate of drug-likeness (QED) is 0.221. The van der Waals surface area contributed by atoms with E-state index in [2.05, 4.69) is 35.4 Å². The summed E-state index contributed by atoms with van der Waals surface area (Å²) in [6, 6.07) is 7.26. The second-order valence-corrected chi connectivity index (χ2v) is 6.96. The topological polar surface area (TPSA) is 71.9 Å². The highest BCUT2D eigenvalue weighted by Crippen LogP contribution is 2.37. The molecule has 0 saturated heterocycles. The Morgan fingerprint density at radius 1 is 0.818 bits per heavy atom. The maximum atomic E-state index is 14.3. The minimum Gasteiger partial charge on any atom is -0.487 e. The first-order valence-corrected chi connectivity index (χ1v) is 10.1. The molecule has 13 heteroatoms. The summed E-state index contributed by atoms with van der Waals surface area (Å²) >= 11 is 3.07. The normalized spacial score (nSPS) is 11.4. The van der Waals surface area contributed by atoms with E-state index in [1.165, 1.54) is 30.6 Å². The number of aromatic nitrogens is 2. The van der Waals surface area contributed by atoms with E-state index < -0.39 is 32.3 Å². The SMILES string of the molecule is Fc1c(Br)cccc1Oc1ncnc2cc(OCCOC(F)F)c(OCCOC(F)F)cc12. The Balaban J connectivity index is 1.89. The number of benzene rings is 2. The van der Waals surface area contributed by atoms with Gasteiger partial charge in [0.05, 0.1) is 28.6 Å². The molecule has 3 rings (SSSR count). The second kappa shape index (κ2) is 11.9. The highest BCUT2D eigenvalue weighted by atomic mass is 79.9. The van der Waals surface area contributed by atoms with Crippen molar-refractivity contribution in [2.45, 2.75) is 13.2 Å². The maximum absolute atomic E-state index is 14.3. The largest absolute Gasteiger partial charge is 0.487 e. The van der Waals surface area contributed by atoms with Gasteiger partial charge in [-0.15, -0.1) is 0 Å². The van der Waals surface area contributed by atoms with Crippen molar-refractivity contribution in [2.75, 3.05) is 26.4 Å². The molecule has 0 N–H and O–H groups in total. The molecule has 0 aliphatic rings. The molecule has 0 atom stereocenters. The summed E-state index contributed by atoms with van der Waals surface area (Å²) in [5.74, 6) is -0.647. The fourth-order valence-electron chi connectivity index (χ4n) is 2.59. The van der Waals surface area contributed by atoms with Crippen molar-refractivity contribution in [1.29, 1.82) is 0 Å². The first-order valence-electron chi connectivity index (χ1n) is 9.31. The van der Waals surface area contributed by atoms with Gasteiger partial charge in [-0.05, 0) is 34.1 Å². The molecule has 0 bridgehead atoms. The summed E-state index contributed by atoms with van der Waals surface area (Å²) in [4.78, 5) is 8.12. The van der Waals surface area contributed by atoms with E-state index in [0.717, 1.165) is 0 Å². The van der Waals surface area contributed by atoms with Crippen LogP contribution in [-0.4, -0.2) is 49.6 Å². The Kier molecular flexibility index (Phi) is 8.97. The van der Waals surface area contributed by atoms with Crippen LogP contribution in [0, 0.1) is 5.82 Å². The fraction of sp³-hybridized carbons (Fsp3) is 0.300. The molecule has 0 spiro atoms. The highest BCUT2D eigenvalue weighted by Gasteiger charge is 2.16. The van der Waals surface area contributed by atoms with E-state index in [9.17, 15) is 22.0 Å². The van der Waals surface area contributed by atoms with Crippen LogP contribution in [-0.2, 0) is 9.47 Å². The van der Waals surface area contributed by atoms with Crippen molar-refractivity contribution in [3.8, 4) is 23.1 Å². The van der Waals surface area contributed by atoms with Crippen molar-refractivity contribution >= 4 is 26.8 Å². The van der Waals surface area contributed by atoms with Crippen molar-refractivity contribution in [3.63, 3.8) is 0 Å². The highest BCUT2D eigenvalue weighted by molar-refractivity contribution is 9.10. The molecule has 1 heterocycles. The molecule has 2 aromatic carbocycles. The lowest BCUT2D eigenvalue weighted by Gasteiger charge is -2.15. The summed E-state index contributed by atoms with van der Waals surface area (Å²) in [6.45, 7) is -7.30. The summed E-state index contributed by atoms with van der Waals surface area (Å²) in [6.07, 6.45) is 1.17. The van der Waals surface area contributed by atoms with E-state index in [1.54, 1.807) is 6.07 Å². The molecule has 0 saturated carbocycles. The van der Waals surface area contributed by atoms with Crippen LogP contribution in [0.25, 0.3) is 10.9 Å². The van der Waals surface area contributed by atoms with E-state index in [1.807, 2.05) is 0 Å². The van der Waals surface area contributed by atoms with E-state index in [4.69, 9.17) is 14.2 Å². The van der Waals surface area contributed by atoms with Gasteiger partial charge in [-0.2, -0.15) is 17.6 Å². The third-order valence-electron chi connectivity index (χ3n) is 3.96. The van der Waals surface area contributed by atoms with Gasteiger partial charge in [0, 0.05) is 6.07 Å². The number of nitrogens with zero attached hydrogens (tertiary/aromatic N) is 2. The van der Waals surface area contributed by atoms with Gasteiger partial charge in [-0.3, -0.25) is 0 Å². The van der Waals surface area contributed by atoms with Crippen LogP contribution in [0.3, 0.4) is 0 Å².